The molecule has 0 radical (unpaired) electrons. The Balaban J connectivity index is 1.87. The Morgan fingerprint density at radius 1 is 1.20 bits per heavy atom. The molecule has 1 heterocycles. The van der Waals surface area contributed by atoms with E-state index in [9.17, 15) is 8.42 Å². The fourth-order valence-electron chi connectivity index (χ4n) is 2.90. The van der Waals surface area contributed by atoms with Gasteiger partial charge in [-0.2, -0.15) is 0 Å². The van der Waals surface area contributed by atoms with Crippen LogP contribution in [0.1, 0.15) is 43.7 Å². The summed E-state index contributed by atoms with van der Waals surface area (Å²) >= 11 is 0. The molecule has 1 unspecified atom stereocenters. The topological polar surface area (TPSA) is 81.4 Å². The lowest BCUT2D eigenvalue weighted by atomic mass is 10.0. The number of hydrogen-bond donors (Lipinski definition) is 2. The van der Waals surface area contributed by atoms with Gasteiger partial charge in [-0.1, -0.05) is 12.8 Å². The second-order valence-corrected chi connectivity index (χ2v) is 7.26. The highest BCUT2D eigenvalue weighted by Gasteiger charge is 2.25. The second kappa shape index (κ2) is 5.35. The first-order valence-electron chi connectivity index (χ1n) is 7.11. The summed E-state index contributed by atoms with van der Waals surface area (Å²) in [6.07, 6.45) is 4.75. The fourth-order valence-corrected chi connectivity index (χ4v) is 4.24. The van der Waals surface area contributed by atoms with Crippen molar-refractivity contribution in [2.24, 2.45) is 5.73 Å². The molecule has 6 heteroatoms. The average molecular weight is 296 g/mol. The van der Waals surface area contributed by atoms with Crippen molar-refractivity contribution in [2.45, 2.75) is 49.1 Å². The molecular formula is C14H20N2O3S. The molecule has 1 aliphatic carbocycles. The monoisotopic (exact) mass is 296 g/mol. The van der Waals surface area contributed by atoms with Crippen LogP contribution in [0.4, 0.5) is 0 Å². The van der Waals surface area contributed by atoms with Gasteiger partial charge in [0.25, 0.3) is 0 Å². The molecule has 0 aromatic heterocycles. The molecule has 1 saturated carbocycles. The number of benzene rings is 1. The van der Waals surface area contributed by atoms with E-state index in [-0.39, 0.29) is 17.0 Å². The summed E-state index contributed by atoms with van der Waals surface area (Å²) in [4.78, 5) is 0.282. The SMILES string of the molecule is NC1CCOc2ccc(S(=O)(=O)NC3CCCC3)cc21. The smallest absolute Gasteiger partial charge is 0.240 e. The van der Waals surface area contributed by atoms with Crippen molar-refractivity contribution in [1.29, 1.82) is 0 Å². The highest BCUT2D eigenvalue weighted by molar-refractivity contribution is 7.89. The van der Waals surface area contributed by atoms with Crippen molar-refractivity contribution in [2.75, 3.05) is 6.61 Å². The zero-order valence-electron chi connectivity index (χ0n) is 11.3. The molecule has 1 aliphatic heterocycles. The van der Waals surface area contributed by atoms with Crippen molar-refractivity contribution in [3.8, 4) is 5.75 Å². The number of hydrogen-bond acceptors (Lipinski definition) is 4. The van der Waals surface area contributed by atoms with E-state index in [1.807, 2.05) is 0 Å². The predicted octanol–water partition coefficient (Wildman–Crippen LogP) is 1.69. The van der Waals surface area contributed by atoms with Crippen LogP contribution in [0.25, 0.3) is 0 Å². The maximum atomic E-state index is 12.4. The fraction of sp³-hybridized carbons (Fsp3) is 0.571. The summed E-state index contributed by atoms with van der Waals surface area (Å²) in [6, 6.07) is 4.86. The summed E-state index contributed by atoms with van der Waals surface area (Å²) in [5.74, 6) is 0.698. The Hall–Kier alpha value is -1.11. The van der Waals surface area contributed by atoms with Gasteiger partial charge in [0.1, 0.15) is 5.75 Å². The van der Waals surface area contributed by atoms with Crippen molar-refractivity contribution >= 4 is 10.0 Å². The van der Waals surface area contributed by atoms with Crippen LogP contribution >= 0.6 is 0 Å². The number of nitrogens with two attached hydrogens (primary N) is 1. The Kier molecular flexibility index (Phi) is 3.70. The molecule has 3 N–H and O–H groups in total. The standard InChI is InChI=1S/C14H20N2O3S/c15-13-7-8-19-14-6-5-11(9-12(13)14)20(17,18)16-10-3-1-2-4-10/h5-6,9-10,13,16H,1-4,7-8,15H2. The van der Waals surface area contributed by atoms with Crippen LogP contribution in [0.5, 0.6) is 5.75 Å². The number of nitrogens with one attached hydrogen (secondary N) is 1. The molecule has 0 bridgehead atoms. The highest BCUT2D eigenvalue weighted by atomic mass is 32.2. The summed E-state index contributed by atoms with van der Waals surface area (Å²) in [5, 5.41) is 0. The van der Waals surface area contributed by atoms with Crippen LogP contribution in [0, 0.1) is 0 Å². The van der Waals surface area contributed by atoms with Crippen molar-refractivity contribution in [3.63, 3.8) is 0 Å². The molecule has 3 rings (SSSR count). The number of fused-ring (bicyclic) bond motifs is 1. The lowest BCUT2D eigenvalue weighted by Gasteiger charge is -2.23. The quantitative estimate of drug-likeness (QED) is 0.889. The Morgan fingerprint density at radius 3 is 2.70 bits per heavy atom. The number of rotatable bonds is 3. The number of ether oxygens (including phenoxy) is 1. The second-order valence-electron chi connectivity index (χ2n) is 5.55. The van der Waals surface area contributed by atoms with Crippen LogP contribution in [-0.2, 0) is 10.0 Å². The third kappa shape index (κ3) is 2.68. The number of sulfonamides is 1. The zero-order valence-corrected chi connectivity index (χ0v) is 12.2. The molecular weight excluding hydrogens is 276 g/mol. The van der Waals surface area contributed by atoms with E-state index in [0.29, 0.717) is 18.8 Å². The molecule has 5 nitrogen and oxygen atoms in total. The van der Waals surface area contributed by atoms with Crippen LogP contribution in [-0.4, -0.2) is 21.1 Å². The molecule has 0 amide bonds. The molecule has 1 aromatic rings. The first kappa shape index (κ1) is 13.9. The van der Waals surface area contributed by atoms with E-state index in [0.717, 1.165) is 31.2 Å². The van der Waals surface area contributed by atoms with Gasteiger partial charge in [-0.25, -0.2) is 13.1 Å². The van der Waals surface area contributed by atoms with Crippen LogP contribution < -0.4 is 15.2 Å². The minimum atomic E-state index is -3.46. The van der Waals surface area contributed by atoms with Gasteiger partial charge in [0.15, 0.2) is 0 Å². The minimum absolute atomic E-state index is 0.0703. The minimum Gasteiger partial charge on any atom is -0.493 e. The summed E-state index contributed by atoms with van der Waals surface area (Å²) in [6.45, 7) is 0.584. The first-order chi connectivity index (χ1) is 9.56. The molecule has 1 atom stereocenters. The summed E-state index contributed by atoms with van der Waals surface area (Å²) < 4.78 is 33.1. The third-order valence-electron chi connectivity index (χ3n) is 4.05. The summed E-state index contributed by atoms with van der Waals surface area (Å²) in [5.41, 5.74) is 6.81. The Labute approximate surface area is 119 Å². The van der Waals surface area contributed by atoms with Gasteiger partial charge in [-0.15, -0.1) is 0 Å². The van der Waals surface area contributed by atoms with Crippen molar-refractivity contribution < 1.29 is 13.2 Å². The summed E-state index contributed by atoms with van der Waals surface area (Å²) in [7, 11) is -3.46. The van der Waals surface area contributed by atoms with Gasteiger partial charge >= 0.3 is 0 Å². The largest absolute Gasteiger partial charge is 0.493 e. The van der Waals surface area contributed by atoms with Crippen LogP contribution in [0.3, 0.4) is 0 Å². The van der Waals surface area contributed by atoms with Crippen molar-refractivity contribution in [1.82, 2.24) is 4.72 Å². The predicted molar refractivity (Wildman–Crippen MR) is 76.1 cm³/mol. The Bertz CT molecular complexity index is 594. The lowest BCUT2D eigenvalue weighted by molar-refractivity contribution is 0.268. The van der Waals surface area contributed by atoms with E-state index in [4.69, 9.17) is 10.5 Å². The molecule has 110 valence electrons. The van der Waals surface area contributed by atoms with Gasteiger partial charge in [-0.3, -0.25) is 0 Å². The molecule has 0 saturated heterocycles. The maximum absolute atomic E-state index is 12.4. The van der Waals surface area contributed by atoms with Crippen LogP contribution in [0.2, 0.25) is 0 Å². The molecule has 1 aromatic carbocycles. The van der Waals surface area contributed by atoms with Gasteiger partial charge in [0.2, 0.25) is 10.0 Å². The van der Waals surface area contributed by atoms with E-state index in [1.165, 1.54) is 0 Å². The maximum Gasteiger partial charge on any atom is 0.240 e. The van der Waals surface area contributed by atoms with Crippen LogP contribution in [0.15, 0.2) is 23.1 Å². The lowest BCUT2D eigenvalue weighted by Crippen LogP contribution is -2.33. The normalized spacial score (nSPS) is 23.4. The average Bonchev–Trinajstić information content (AvgIpc) is 2.91. The van der Waals surface area contributed by atoms with Gasteiger partial charge in [0.05, 0.1) is 11.5 Å². The zero-order chi connectivity index (χ0) is 14.2. The first-order valence-corrected chi connectivity index (χ1v) is 8.59. The highest BCUT2D eigenvalue weighted by Crippen LogP contribution is 2.32. The molecule has 20 heavy (non-hydrogen) atoms. The van der Waals surface area contributed by atoms with Gasteiger partial charge in [0, 0.05) is 24.1 Å². The molecule has 2 aliphatic rings. The molecule has 1 fully saturated rings. The Morgan fingerprint density at radius 2 is 1.95 bits per heavy atom. The van der Waals surface area contributed by atoms with Gasteiger partial charge in [-0.05, 0) is 31.0 Å². The van der Waals surface area contributed by atoms with E-state index < -0.39 is 10.0 Å². The van der Waals surface area contributed by atoms with E-state index >= 15 is 0 Å². The van der Waals surface area contributed by atoms with Gasteiger partial charge < -0.3 is 10.5 Å². The van der Waals surface area contributed by atoms with Crippen molar-refractivity contribution in [3.05, 3.63) is 23.8 Å². The third-order valence-corrected chi connectivity index (χ3v) is 5.57. The van der Waals surface area contributed by atoms with E-state index in [1.54, 1.807) is 18.2 Å². The van der Waals surface area contributed by atoms with E-state index in [2.05, 4.69) is 4.72 Å². The molecule has 0 spiro atoms.